The molecule has 1 aromatic heterocycles. The van der Waals surface area contributed by atoms with E-state index in [0.717, 1.165) is 12.6 Å². The number of hydrogen-bond acceptors (Lipinski definition) is 3. The minimum absolute atomic E-state index is 0.727. The molecule has 2 rings (SSSR count). The number of aryl methyl sites for hydroxylation is 1. The molecule has 0 radical (unpaired) electrons. The Bertz CT molecular complexity index is 304. The molecular weight excluding hydrogens is 224 g/mol. The average molecular weight is 250 g/mol. The lowest BCUT2D eigenvalue weighted by atomic mass is 10.2. The molecule has 102 valence electrons. The molecule has 0 spiro atoms. The van der Waals surface area contributed by atoms with Crippen LogP contribution in [0, 0.1) is 0 Å². The lowest BCUT2D eigenvalue weighted by Gasteiger charge is -2.25. The van der Waals surface area contributed by atoms with Gasteiger partial charge in [-0.05, 0) is 45.3 Å². The number of nitrogens with zero attached hydrogens (tertiary/aromatic N) is 3. The van der Waals surface area contributed by atoms with Gasteiger partial charge in [0, 0.05) is 31.5 Å². The summed E-state index contributed by atoms with van der Waals surface area (Å²) in [5.74, 6) is 0. The van der Waals surface area contributed by atoms with E-state index in [1.165, 1.54) is 51.9 Å². The Labute approximate surface area is 110 Å². The van der Waals surface area contributed by atoms with Gasteiger partial charge >= 0.3 is 0 Å². The fourth-order valence-corrected chi connectivity index (χ4v) is 2.73. The molecule has 1 atom stereocenters. The third-order valence-corrected chi connectivity index (χ3v) is 3.63. The summed E-state index contributed by atoms with van der Waals surface area (Å²) in [6.45, 7) is 8.20. The van der Waals surface area contributed by atoms with Crippen LogP contribution in [0.15, 0.2) is 18.7 Å². The third kappa shape index (κ3) is 4.42. The van der Waals surface area contributed by atoms with E-state index in [1.54, 1.807) is 0 Å². The van der Waals surface area contributed by atoms with Crippen molar-refractivity contribution < 1.29 is 0 Å². The first-order valence-corrected chi connectivity index (χ1v) is 7.30. The third-order valence-electron chi connectivity index (χ3n) is 3.63. The molecule has 4 heteroatoms. The van der Waals surface area contributed by atoms with Crippen molar-refractivity contribution in [2.45, 2.75) is 45.2 Å². The summed E-state index contributed by atoms with van der Waals surface area (Å²) in [6.07, 6.45) is 11.0. The SMILES string of the molecule is CCCN(CCCn1ccnc1)CC1CCCN1. The number of rotatable bonds is 8. The highest BCUT2D eigenvalue weighted by molar-refractivity contribution is 4.78. The van der Waals surface area contributed by atoms with Crippen LogP contribution in [0.4, 0.5) is 0 Å². The predicted molar refractivity (Wildman–Crippen MR) is 74.6 cm³/mol. The first kappa shape index (κ1) is 13.6. The molecule has 0 aromatic carbocycles. The minimum atomic E-state index is 0.727. The summed E-state index contributed by atoms with van der Waals surface area (Å²) in [7, 11) is 0. The molecule has 1 fully saturated rings. The molecule has 0 aliphatic carbocycles. The van der Waals surface area contributed by atoms with E-state index < -0.39 is 0 Å². The van der Waals surface area contributed by atoms with Crippen molar-refractivity contribution in [3.8, 4) is 0 Å². The first-order chi connectivity index (χ1) is 8.88. The Morgan fingerprint density at radius 3 is 3.06 bits per heavy atom. The Balaban J connectivity index is 1.68. The van der Waals surface area contributed by atoms with E-state index in [2.05, 4.69) is 26.7 Å². The van der Waals surface area contributed by atoms with Crippen molar-refractivity contribution in [2.24, 2.45) is 0 Å². The molecule has 1 saturated heterocycles. The van der Waals surface area contributed by atoms with E-state index in [-0.39, 0.29) is 0 Å². The van der Waals surface area contributed by atoms with Gasteiger partial charge in [-0.3, -0.25) is 0 Å². The minimum Gasteiger partial charge on any atom is -0.337 e. The fraction of sp³-hybridized carbons (Fsp3) is 0.786. The molecule has 1 aliphatic rings. The standard InChI is InChI=1S/C14H26N4/c1-2-8-17(12-14-5-3-6-16-14)9-4-10-18-11-7-15-13-18/h7,11,13-14,16H,2-6,8-10,12H2,1H3. The maximum Gasteiger partial charge on any atom is 0.0945 e. The van der Waals surface area contributed by atoms with E-state index in [1.807, 2.05) is 18.7 Å². The maximum absolute atomic E-state index is 4.08. The van der Waals surface area contributed by atoms with Crippen LogP contribution in [0.2, 0.25) is 0 Å². The molecule has 4 nitrogen and oxygen atoms in total. The van der Waals surface area contributed by atoms with Crippen molar-refractivity contribution in [1.29, 1.82) is 0 Å². The van der Waals surface area contributed by atoms with E-state index in [0.29, 0.717) is 0 Å². The predicted octanol–water partition coefficient (Wildman–Crippen LogP) is 1.74. The van der Waals surface area contributed by atoms with Crippen LogP contribution >= 0.6 is 0 Å². The highest BCUT2D eigenvalue weighted by atomic mass is 15.2. The van der Waals surface area contributed by atoms with Gasteiger partial charge in [0.1, 0.15) is 0 Å². The summed E-state index contributed by atoms with van der Waals surface area (Å²) >= 11 is 0. The van der Waals surface area contributed by atoms with Crippen molar-refractivity contribution >= 4 is 0 Å². The molecule has 0 bridgehead atoms. The molecule has 0 saturated carbocycles. The summed E-state index contributed by atoms with van der Waals surface area (Å²) in [4.78, 5) is 6.69. The Kier molecular flexibility index (Phi) is 5.68. The summed E-state index contributed by atoms with van der Waals surface area (Å²) < 4.78 is 2.16. The zero-order chi connectivity index (χ0) is 12.6. The molecule has 2 heterocycles. The molecule has 0 amide bonds. The van der Waals surface area contributed by atoms with E-state index in [9.17, 15) is 0 Å². The lowest BCUT2D eigenvalue weighted by Crippen LogP contribution is -2.38. The average Bonchev–Trinajstić information content (AvgIpc) is 3.02. The molecule has 18 heavy (non-hydrogen) atoms. The lowest BCUT2D eigenvalue weighted by molar-refractivity contribution is 0.242. The molecule has 1 aliphatic heterocycles. The van der Waals surface area contributed by atoms with Crippen LogP contribution in [0.25, 0.3) is 0 Å². The zero-order valence-corrected chi connectivity index (χ0v) is 11.5. The van der Waals surface area contributed by atoms with E-state index in [4.69, 9.17) is 0 Å². The van der Waals surface area contributed by atoms with Gasteiger partial charge in [0.2, 0.25) is 0 Å². The van der Waals surface area contributed by atoms with Crippen molar-refractivity contribution in [1.82, 2.24) is 19.8 Å². The Morgan fingerprint density at radius 1 is 1.44 bits per heavy atom. The van der Waals surface area contributed by atoms with Gasteiger partial charge in [-0.25, -0.2) is 4.98 Å². The number of aromatic nitrogens is 2. The molecular formula is C14H26N4. The highest BCUT2D eigenvalue weighted by Crippen LogP contribution is 2.08. The normalized spacial score (nSPS) is 19.8. The number of imidazole rings is 1. The first-order valence-electron chi connectivity index (χ1n) is 7.30. The fourth-order valence-electron chi connectivity index (χ4n) is 2.73. The van der Waals surface area contributed by atoms with Crippen LogP contribution in [0.5, 0.6) is 0 Å². The quantitative estimate of drug-likeness (QED) is 0.763. The summed E-state index contributed by atoms with van der Waals surface area (Å²) in [5.41, 5.74) is 0. The van der Waals surface area contributed by atoms with Crippen molar-refractivity contribution in [3.63, 3.8) is 0 Å². The van der Waals surface area contributed by atoms with Crippen molar-refractivity contribution in [3.05, 3.63) is 18.7 Å². The highest BCUT2D eigenvalue weighted by Gasteiger charge is 2.17. The second-order valence-corrected chi connectivity index (χ2v) is 5.25. The number of hydrogen-bond donors (Lipinski definition) is 1. The van der Waals surface area contributed by atoms with Crippen LogP contribution in [-0.4, -0.2) is 46.7 Å². The van der Waals surface area contributed by atoms with Crippen LogP contribution in [0.3, 0.4) is 0 Å². The topological polar surface area (TPSA) is 33.1 Å². The van der Waals surface area contributed by atoms with Gasteiger partial charge in [-0.15, -0.1) is 0 Å². The maximum atomic E-state index is 4.08. The summed E-state index contributed by atoms with van der Waals surface area (Å²) in [6, 6.07) is 0.727. The zero-order valence-electron chi connectivity index (χ0n) is 11.5. The summed E-state index contributed by atoms with van der Waals surface area (Å²) in [5, 5.41) is 3.59. The van der Waals surface area contributed by atoms with Gasteiger partial charge < -0.3 is 14.8 Å². The smallest absolute Gasteiger partial charge is 0.0945 e. The molecule has 1 unspecified atom stereocenters. The molecule has 1 N–H and O–H groups in total. The van der Waals surface area contributed by atoms with Crippen LogP contribution < -0.4 is 5.32 Å². The van der Waals surface area contributed by atoms with Gasteiger partial charge in [0.25, 0.3) is 0 Å². The van der Waals surface area contributed by atoms with Gasteiger partial charge in [0.05, 0.1) is 6.33 Å². The second kappa shape index (κ2) is 7.54. The monoisotopic (exact) mass is 250 g/mol. The van der Waals surface area contributed by atoms with Gasteiger partial charge in [0.15, 0.2) is 0 Å². The van der Waals surface area contributed by atoms with Crippen molar-refractivity contribution in [2.75, 3.05) is 26.2 Å². The van der Waals surface area contributed by atoms with Crippen LogP contribution in [-0.2, 0) is 6.54 Å². The molecule has 1 aromatic rings. The second-order valence-electron chi connectivity index (χ2n) is 5.25. The Hall–Kier alpha value is -0.870. The largest absolute Gasteiger partial charge is 0.337 e. The van der Waals surface area contributed by atoms with Crippen LogP contribution in [0.1, 0.15) is 32.6 Å². The van der Waals surface area contributed by atoms with Gasteiger partial charge in [-0.2, -0.15) is 0 Å². The van der Waals surface area contributed by atoms with Gasteiger partial charge in [-0.1, -0.05) is 6.92 Å². The van der Waals surface area contributed by atoms with E-state index >= 15 is 0 Å². The Morgan fingerprint density at radius 2 is 2.39 bits per heavy atom. The number of nitrogens with one attached hydrogen (secondary N) is 1.